The molecular formula is C20H13N3O3. The van der Waals surface area contributed by atoms with Crippen molar-refractivity contribution >= 4 is 17.6 Å². The number of aromatic nitrogens is 2. The van der Waals surface area contributed by atoms with Gasteiger partial charge in [0.2, 0.25) is 0 Å². The van der Waals surface area contributed by atoms with Gasteiger partial charge in [0, 0.05) is 11.6 Å². The number of pyridine rings is 1. The molecule has 6 nitrogen and oxygen atoms in total. The number of benzene rings is 2. The summed E-state index contributed by atoms with van der Waals surface area (Å²) in [4.78, 5) is 26.6. The van der Waals surface area contributed by atoms with Gasteiger partial charge in [-0.2, -0.15) is 0 Å². The molecule has 0 aliphatic carbocycles. The highest BCUT2D eigenvalue weighted by Gasteiger charge is 2.16. The highest BCUT2D eigenvalue weighted by Crippen LogP contribution is 2.27. The first-order valence-electron chi connectivity index (χ1n) is 7.95. The summed E-state index contributed by atoms with van der Waals surface area (Å²) < 4.78 is 1.45. The van der Waals surface area contributed by atoms with Crippen LogP contribution in [0.4, 0.5) is 5.69 Å². The number of imidazole rings is 1. The van der Waals surface area contributed by atoms with E-state index in [1.165, 1.54) is 22.7 Å². The molecule has 0 unspecified atom stereocenters. The summed E-state index contributed by atoms with van der Waals surface area (Å²) in [6.07, 6.45) is 1.98. The zero-order valence-electron chi connectivity index (χ0n) is 13.6. The van der Waals surface area contributed by atoms with Gasteiger partial charge in [-0.15, -0.1) is 0 Å². The summed E-state index contributed by atoms with van der Waals surface area (Å²) in [5, 5.41) is 11.0. The highest BCUT2D eigenvalue weighted by molar-refractivity contribution is 5.86. The van der Waals surface area contributed by atoms with Gasteiger partial charge in [0.25, 0.3) is 5.69 Å². The number of rotatable bonds is 4. The molecule has 4 rings (SSSR count). The van der Waals surface area contributed by atoms with E-state index in [0.29, 0.717) is 17.6 Å². The number of carbonyl (C=O) groups is 1. The van der Waals surface area contributed by atoms with Gasteiger partial charge >= 0.3 is 0 Å². The lowest BCUT2D eigenvalue weighted by molar-refractivity contribution is -0.385. The predicted molar refractivity (Wildman–Crippen MR) is 98.1 cm³/mol. The van der Waals surface area contributed by atoms with Crippen molar-refractivity contribution in [3.05, 3.63) is 88.7 Å². The summed E-state index contributed by atoms with van der Waals surface area (Å²) in [5.41, 5.74) is 4.11. The lowest BCUT2D eigenvalue weighted by atomic mass is 10.0. The number of nitro groups is 1. The fourth-order valence-electron chi connectivity index (χ4n) is 2.94. The Morgan fingerprint density at radius 1 is 0.885 bits per heavy atom. The van der Waals surface area contributed by atoms with Crippen LogP contribution >= 0.6 is 0 Å². The molecule has 0 N–H and O–H groups in total. The molecule has 0 bridgehead atoms. The molecule has 0 saturated carbocycles. The average Bonchev–Trinajstić information content (AvgIpc) is 3.06. The van der Waals surface area contributed by atoms with Gasteiger partial charge in [0.05, 0.1) is 11.1 Å². The van der Waals surface area contributed by atoms with Crippen LogP contribution in [0, 0.1) is 10.1 Å². The maximum absolute atomic E-state index is 11.6. The summed E-state index contributed by atoms with van der Waals surface area (Å²) in [6, 6.07) is 20.6. The molecule has 0 spiro atoms. The van der Waals surface area contributed by atoms with E-state index in [4.69, 9.17) is 0 Å². The zero-order valence-corrected chi connectivity index (χ0v) is 13.6. The SMILES string of the molecule is O=Cc1c(-c2ccc(-c3ccccc3)cc2)nc2ccc([N+](=O)[O-])cn12. The Balaban J connectivity index is 1.81. The van der Waals surface area contributed by atoms with E-state index >= 15 is 0 Å². The zero-order chi connectivity index (χ0) is 18.1. The molecule has 6 heteroatoms. The van der Waals surface area contributed by atoms with Crippen molar-refractivity contribution in [2.45, 2.75) is 0 Å². The van der Waals surface area contributed by atoms with Crippen molar-refractivity contribution in [3.8, 4) is 22.4 Å². The molecule has 0 aliphatic rings. The quantitative estimate of drug-likeness (QED) is 0.313. The Morgan fingerprint density at radius 3 is 2.19 bits per heavy atom. The number of fused-ring (bicyclic) bond motifs is 1. The average molecular weight is 343 g/mol. The molecule has 0 amide bonds. The summed E-state index contributed by atoms with van der Waals surface area (Å²) >= 11 is 0. The van der Waals surface area contributed by atoms with Crippen LogP contribution in [-0.4, -0.2) is 20.6 Å². The van der Waals surface area contributed by atoms with Gasteiger partial charge in [0.1, 0.15) is 17.0 Å². The van der Waals surface area contributed by atoms with Gasteiger partial charge < -0.3 is 0 Å². The van der Waals surface area contributed by atoms with Gasteiger partial charge in [-0.1, -0.05) is 54.6 Å². The van der Waals surface area contributed by atoms with Crippen molar-refractivity contribution in [2.75, 3.05) is 0 Å². The lowest BCUT2D eigenvalue weighted by Crippen LogP contribution is -1.95. The maximum Gasteiger partial charge on any atom is 0.286 e. The third-order valence-corrected chi connectivity index (χ3v) is 4.23. The number of hydrogen-bond donors (Lipinski definition) is 0. The van der Waals surface area contributed by atoms with Gasteiger partial charge in [-0.05, 0) is 17.2 Å². The maximum atomic E-state index is 11.6. The minimum Gasteiger partial charge on any atom is -0.296 e. The van der Waals surface area contributed by atoms with E-state index in [-0.39, 0.29) is 11.4 Å². The molecule has 2 aromatic heterocycles. The molecule has 126 valence electrons. The van der Waals surface area contributed by atoms with E-state index in [1.807, 2.05) is 54.6 Å². The lowest BCUT2D eigenvalue weighted by Gasteiger charge is -2.03. The van der Waals surface area contributed by atoms with Gasteiger partial charge in [0.15, 0.2) is 6.29 Å². The first-order chi connectivity index (χ1) is 12.7. The molecule has 0 saturated heterocycles. The van der Waals surface area contributed by atoms with Crippen molar-refractivity contribution < 1.29 is 9.72 Å². The molecule has 0 radical (unpaired) electrons. The molecule has 2 aromatic carbocycles. The molecule has 4 aromatic rings. The van der Waals surface area contributed by atoms with Crippen molar-refractivity contribution in [2.24, 2.45) is 0 Å². The minimum absolute atomic E-state index is 0.0935. The number of nitrogens with zero attached hydrogens (tertiary/aromatic N) is 3. The molecule has 2 heterocycles. The second-order valence-electron chi connectivity index (χ2n) is 5.78. The first-order valence-corrected chi connectivity index (χ1v) is 7.95. The molecule has 26 heavy (non-hydrogen) atoms. The summed E-state index contributed by atoms with van der Waals surface area (Å²) in [5.74, 6) is 0. The van der Waals surface area contributed by atoms with Crippen LogP contribution in [0.25, 0.3) is 28.0 Å². The topological polar surface area (TPSA) is 77.5 Å². The van der Waals surface area contributed by atoms with Crippen LogP contribution in [0.1, 0.15) is 10.5 Å². The fraction of sp³-hybridized carbons (Fsp3) is 0. The Morgan fingerprint density at radius 2 is 1.54 bits per heavy atom. The smallest absolute Gasteiger partial charge is 0.286 e. The van der Waals surface area contributed by atoms with Gasteiger partial charge in [-0.3, -0.25) is 19.3 Å². The van der Waals surface area contributed by atoms with Crippen LogP contribution in [0.3, 0.4) is 0 Å². The molecule has 0 fully saturated rings. The second-order valence-corrected chi connectivity index (χ2v) is 5.78. The number of carbonyl (C=O) groups excluding carboxylic acids is 1. The van der Waals surface area contributed by atoms with E-state index in [9.17, 15) is 14.9 Å². The Hall–Kier alpha value is -3.80. The van der Waals surface area contributed by atoms with E-state index in [0.717, 1.165) is 16.7 Å². The summed E-state index contributed by atoms with van der Waals surface area (Å²) in [6.45, 7) is 0. The van der Waals surface area contributed by atoms with Crippen molar-refractivity contribution in [1.82, 2.24) is 9.38 Å². The van der Waals surface area contributed by atoms with Gasteiger partial charge in [-0.25, -0.2) is 4.98 Å². The van der Waals surface area contributed by atoms with E-state index < -0.39 is 4.92 Å². The summed E-state index contributed by atoms with van der Waals surface area (Å²) in [7, 11) is 0. The minimum atomic E-state index is -0.498. The first kappa shape index (κ1) is 15.7. The standard InChI is InChI=1S/C20H13N3O3/c24-13-18-20(21-19-11-10-17(23(25)26)12-22(18)19)16-8-6-15(7-9-16)14-4-2-1-3-5-14/h1-13H. The van der Waals surface area contributed by atoms with Crippen LogP contribution in [0.5, 0.6) is 0 Å². The van der Waals surface area contributed by atoms with E-state index in [1.54, 1.807) is 0 Å². The number of hydrogen-bond acceptors (Lipinski definition) is 4. The third kappa shape index (κ3) is 2.63. The van der Waals surface area contributed by atoms with Crippen LogP contribution in [-0.2, 0) is 0 Å². The Bertz CT molecular complexity index is 1120. The van der Waals surface area contributed by atoms with Crippen molar-refractivity contribution in [3.63, 3.8) is 0 Å². The van der Waals surface area contributed by atoms with Crippen LogP contribution in [0.15, 0.2) is 72.9 Å². The van der Waals surface area contributed by atoms with Crippen molar-refractivity contribution in [1.29, 1.82) is 0 Å². The monoisotopic (exact) mass is 343 g/mol. The normalized spacial score (nSPS) is 10.8. The predicted octanol–water partition coefficient (Wildman–Crippen LogP) is 4.39. The Labute approximate surface area is 148 Å². The molecule has 0 aliphatic heterocycles. The Kier molecular flexibility index (Phi) is 3.78. The van der Waals surface area contributed by atoms with Crippen LogP contribution < -0.4 is 0 Å². The largest absolute Gasteiger partial charge is 0.296 e. The van der Waals surface area contributed by atoms with Crippen LogP contribution in [0.2, 0.25) is 0 Å². The number of aldehydes is 1. The fourth-order valence-corrected chi connectivity index (χ4v) is 2.94. The molecular weight excluding hydrogens is 330 g/mol. The van der Waals surface area contributed by atoms with E-state index in [2.05, 4.69) is 4.98 Å². The third-order valence-electron chi connectivity index (χ3n) is 4.23. The molecule has 0 atom stereocenters. The second kappa shape index (κ2) is 6.25. The highest BCUT2D eigenvalue weighted by atomic mass is 16.6.